The summed E-state index contributed by atoms with van der Waals surface area (Å²) >= 11 is 0. The zero-order chi connectivity index (χ0) is 6.69. The van der Waals surface area contributed by atoms with Crippen LogP contribution in [-0.4, -0.2) is 23.8 Å². The second-order valence-corrected chi connectivity index (χ2v) is 2.80. The monoisotopic (exact) mass is 131 g/mol. The lowest BCUT2D eigenvalue weighted by Crippen LogP contribution is -2.41. The van der Waals surface area contributed by atoms with Gasteiger partial charge in [-0.1, -0.05) is 6.42 Å². The number of hydrogen-bond donors (Lipinski definition) is 2. The van der Waals surface area contributed by atoms with Crippen molar-refractivity contribution in [2.45, 2.75) is 38.3 Å². The molecule has 2 unspecified atom stereocenters. The molecular formula is C7H15NO. The number of rotatable bonds is 1. The van der Waals surface area contributed by atoms with Crippen LogP contribution in [-0.2, 0) is 0 Å². The topological polar surface area (TPSA) is 32.3 Å². The van der Waals surface area contributed by atoms with E-state index in [-0.39, 0.29) is 6.10 Å². The first-order valence-corrected chi connectivity index (χ1v) is 3.72. The van der Waals surface area contributed by atoms with Crippen LogP contribution in [0.1, 0.15) is 26.2 Å². The van der Waals surface area contributed by atoms with Gasteiger partial charge in [-0.25, -0.2) is 0 Å². The van der Waals surface area contributed by atoms with E-state index >= 15 is 0 Å². The van der Waals surface area contributed by atoms with Gasteiger partial charge in [0.15, 0.2) is 0 Å². The van der Waals surface area contributed by atoms with E-state index in [9.17, 15) is 0 Å². The maximum Gasteiger partial charge on any atom is 0.0665 e. The molecule has 9 heavy (non-hydrogen) atoms. The van der Waals surface area contributed by atoms with Crippen molar-refractivity contribution in [3.05, 3.63) is 0 Å². The van der Waals surface area contributed by atoms with Gasteiger partial charge >= 0.3 is 0 Å². The summed E-state index contributed by atoms with van der Waals surface area (Å²) in [4.78, 5) is 0. The Morgan fingerprint density at radius 3 is 2.67 bits per heavy atom. The predicted molar refractivity (Wildman–Crippen MR) is 37.3 cm³/mol. The van der Waals surface area contributed by atoms with Crippen LogP contribution in [0.2, 0.25) is 0 Å². The van der Waals surface area contributed by atoms with Gasteiger partial charge in [-0.2, -0.15) is 0 Å². The fourth-order valence-electron chi connectivity index (χ4n) is 1.29. The Kier molecular flexibility index (Phi) is 2.49. The smallest absolute Gasteiger partial charge is 0.0665 e. The maximum absolute atomic E-state index is 9.11. The van der Waals surface area contributed by atoms with Crippen molar-refractivity contribution in [2.24, 2.45) is 0 Å². The summed E-state index contributed by atoms with van der Waals surface area (Å²) in [6.07, 6.45) is 3.49. The summed E-state index contributed by atoms with van der Waals surface area (Å²) in [5.41, 5.74) is 0. The highest BCUT2D eigenvalue weighted by molar-refractivity contribution is 4.75. The van der Waals surface area contributed by atoms with Crippen LogP contribution >= 0.6 is 0 Å². The maximum atomic E-state index is 9.11. The zero-order valence-corrected chi connectivity index (χ0v) is 5.93. The molecule has 2 atom stereocenters. The Hall–Kier alpha value is -0.0800. The number of aliphatic hydroxyl groups excluding tert-OH is 1. The minimum absolute atomic E-state index is 0.176. The van der Waals surface area contributed by atoms with Crippen LogP contribution in [0.15, 0.2) is 0 Å². The van der Waals surface area contributed by atoms with Gasteiger partial charge in [-0.05, 0) is 26.3 Å². The number of piperidine rings is 1. The van der Waals surface area contributed by atoms with E-state index in [0.717, 1.165) is 13.0 Å². The van der Waals surface area contributed by atoms with Crippen molar-refractivity contribution in [3.8, 4) is 0 Å². The quantitative estimate of drug-likeness (QED) is 0.508. The van der Waals surface area contributed by atoms with E-state index in [2.05, 4.69) is 5.32 Å². The molecule has 1 saturated heterocycles. The summed E-state index contributed by atoms with van der Waals surface area (Å²) in [6, 6.07) is 0.360. The van der Waals surface area contributed by atoms with Crippen molar-refractivity contribution in [3.63, 3.8) is 0 Å². The molecule has 0 amide bonds. The third-order valence-electron chi connectivity index (χ3n) is 1.93. The van der Waals surface area contributed by atoms with Crippen LogP contribution in [0.3, 0.4) is 0 Å². The first kappa shape index (κ1) is 7.03. The Morgan fingerprint density at radius 1 is 1.56 bits per heavy atom. The first-order valence-electron chi connectivity index (χ1n) is 3.72. The van der Waals surface area contributed by atoms with Crippen LogP contribution in [0.25, 0.3) is 0 Å². The van der Waals surface area contributed by atoms with Crippen molar-refractivity contribution < 1.29 is 5.11 Å². The van der Waals surface area contributed by atoms with E-state index in [1.165, 1.54) is 12.8 Å². The first-order chi connectivity index (χ1) is 4.30. The Balaban J connectivity index is 2.23. The summed E-state index contributed by atoms with van der Waals surface area (Å²) in [6.45, 7) is 2.93. The molecule has 0 aromatic rings. The van der Waals surface area contributed by atoms with Gasteiger partial charge in [0.2, 0.25) is 0 Å². The molecule has 1 aliphatic heterocycles. The molecule has 54 valence electrons. The van der Waals surface area contributed by atoms with Gasteiger partial charge in [0.1, 0.15) is 0 Å². The molecule has 1 aliphatic rings. The van der Waals surface area contributed by atoms with Gasteiger partial charge in [0.05, 0.1) is 6.10 Å². The summed E-state index contributed by atoms with van der Waals surface area (Å²) < 4.78 is 0. The SMILES string of the molecule is [13CH3][13CH](O)C1CCCCN1. The van der Waals surface area contributed by atoms with Crippen molar-refractivity contribution in [1.82, 2.24) is 5.32 Å². The molecule has 0 spiro atoms. The van der Waals surface area contributed by atoms with Gasteiger partial charge in [0.25, 0.3) is 0 Å². The highest BCUT2D eigenvalue weighted by Crippen LogP contribution is 2.09. The van der Waals surface area contributed by atoms with Crippen LogP contribution in [0.5, 0.6) is 0 Å². The van der Waals surface area contributed by atoms with Crippen LogP contribution in [0.4, 0.5) is 0 Å². The Morgan fingerprint density at radius 2 is 2.33 bits per heavy atom. The molecule has 2 nitrogen and oxygen atoms in total. The lowest BCUT2D eigenvalue weighted by molar-refractivity contribution is 0.130. The fourth-order valence-corrected chi connectivity index (χ4v) is 1.29. The van der Waals surface area contributed by atoms with E-state index < -0.39 is 0 Å². The predicted octanol–water partition coefficient (Wildman–Crippen LogP) is 0.509. The van der Waals surface area contributed by atoms with Crippen molar-refractivity contribution in [1.29, 1.82) is 0 Å². The summed E-state index contributed by atoms with van der Waals surface area (Å²) in [7, 11) is 0. The van der Waals surface area contributed by atoms with Gasteiger partial charge in [-0.3, -0.25) is 0 Å². The molecule has 0 saturated carbocycles. The largest absolute Gasteiger partial charge is 0.392 e. The second kappa shape index (κ2) is 3.18. The molecule has 1 rings (SSSR count). The molecule has 2 heteroatoms. The van der Waals surface area contributed by atoms with Gasteiger partial charge < -0.3 is 10.4 Å². The normalized spacial score (nSPS) is 32.0. The average Bonchev–Trinajstić information content (AvgIpc) is 1.90. The molecule has 0 aromatic carbocycles. The molecule has 2 N–H and O–H groups in total. The minimum atomic E-state index is -0.176. The highest BCUT2D eigenvalue weighted by atomic mass is 16.4. The van der Waals surface area contributed by atoms with E-state index in [1.54, 1.807) is 0 Å². The van der Waals surface area contributed by atoms with Crippen molar-refractivity contribution in [2.75, 3.05) is 6.54 Å². The average molecular weight is 131 g/mol. The number of nitrogens with one attached hydrogen (secondary N) is 1. The van der Waals surface area contributed by atoms with E-state index in [4.69, 9.17) is 5.11 Å². The van der Waals surface area contributed by atoms with Gasteiger partial charge in [0, 0.05) is 6.04 Å². The van der Waals surface area contributed by atoms with E-state index in [1.807, 2.05) is 6.92 Å². The number of aliphatic hydroxyl groups is 1. The molecular weight excluding hydrogens is 116 g/mol. The minimum Gasteiger partial charge on any atom is -0.392 e. The Bertz CT molecular complexity index is 77.0. The molecule has 0 aromatic heterocycles. The lowest BCUT2D eigenvalue weighted by Gasteiger charge is -2.25. The molecule has 1 heterocycles. The fraction of sp³-hybridized carbons (Fsp3) is 1.00. The standard InChI is InChI=1S/C7H15NO/c1-6(9)7-4-2-3-5-8-7/h6-9H,2-5H2,1H3/i1+1,6+1. The molecule has 1 fully saturated rings. The van der Waals surface area contributed by atoms with Crippen molar-refractivity contribution >= 4 is 0 Å². The summed E-state index contributed by atoms with van der Waals surface area (Å²) in [5.74, 6) is 0. The summed E-state index contributed by atoms with van der Waals surface area (Å²) in [5, 5.41) is 12.4. The third-order valence-corrected chi connectivity index (χ3v) is 1.93. The molecule has 0 radical (unpaired) electrons. The number of hydrogen-bond acceptors (Lipinski definition) is 2. The Labute approximate surface area is 56.3 Å². The molecule has 0 bridgehead atoms. The third kappa shape index (κ3) is 1.95. The van der Waals surface area contributed by atoms with E-state index in [0.29, 0.717) is 6.04 Å². The second-order valence-electron chi connectivity index (χ2n) is 2.80. The van der Waals surface area contributed by atoms with Crippen LogP contribution in [0, 0.1) is 0 Å². The molecule has 0 aliphatic carbocycles. The van der Waals surface area contributed by atoms with Crippen LogP contribution < -0.4 is 5.32 Å². The lowest BCUT2D eigenvalue weighted by atomic mass is 10.1. The highest BCUT2D eigenvalue weighted by Gasteiger charge is 2.16. The zero-order valence-electron chi connectivity index (χ0n) is 5.93. The van der Waals surface area contributed by atoms with Gasteiger partial charge in [-0.15, -0.1) is 0 Å².